The molecule has 2 fully saturated rings. The molecule has 3 heterocycles. The number of H-pyrrole nitrogens is 1. The summed E-state index contributed by atoms with van der Waals surface area (Å²) in [5, 5.41) is -0.0242. The third-order valence-corrected chi connectivity index (χ3v) is 7.11. The van der Waals surface area contributed by atoms with E-state index in [1.54, 1.807) is 0 Å². The summed E-state index contributed by atoms with van der Waals surface area (Å²) in [5.74, 6) is -1.04. The Morgan fingerprint density at radius 3 is 2.86 bits per heavy atom. The number of aryl methyl sites for hydroxylation is 1. The minimum absolute atomic E-state index is 0.0242. The molecule has 0 bridgehead atoms. The summed E-state index contributed by atoms with van der Waals surface area (Å²) in [6, 6.07) is 2.55. The van der Waals surface area contributed by atoms with E-state index >= 15 is 0 Å². The first kappa shape index (κ1) is 18.7. The molecule has 2 aromatic rings. The van der Waals surface area contributed by atoms with Crippen molar-refractivity contribution in [3.05, 3.63) is 50.5 Å². The van der Waals surface area contributed by atoms with Crippen LogP contribution in [0.5, 0.6) is 0 Å². The van der Waals surface area contributed by atoms with E-state index in [9.17, 15) is 8.78 Å². The molecule has 1 saturated carbocycles. The Morgan fingerprint density at radius 2 is 2.07 bits per heavy atom. The molecule has 1 unspecified atom stereocenters. The quantitative estimate of drug-likeness (QED) is 0.576. The third-order valence-electron chi connectivity index (χ3n) is 6.50. The Bertz CT molecular complexity index is 985. The van der Waals surface area contributed by atoms with Gasteiger partial charge in [-0.3, -0.25) is 4.90 Å². The fourth-order valence-electron chi connectivity index (χ4n) is 5.04. The lowest BCUT2D eigenvalue weighted by molar-refractivity contribution is 0.0374. The SMILES string of the molecule is Fc1ccc(Cl)c(F)c1[C@]12CC1c1c(CCCN3CCOCC3)[nH]c(=S)n1C2. The average Bonchev–Trinajstić information content (AvgIpc) is 3.16. The van der Waals surface area contributed by atoms with Gasteiger partial charge in [-0.1, -0.05) is 11.6 Å². The number of benzene rings is 1. The van der Waals surface area contributed by atoms with Crippen LogP contribution in [0.15, 0.2) is 12.1 Å². The number of nitrogens with zero attached hydrogens (tertiary/aromatic N) is 2. The molecule has 4 nitrogen and oxygen atoms in total. The van der Waals surface area contributed by atoms with Gasteiger partial charge in [0.2, 0.25) is 0 Å². The van der Waals surface area contributed by atoms with E-state index in [4.69, 9.17) is 28.6 Å². The van der Waals surface area contributed by atoms with Gasteiger partial charge in [-0.25, -0.2) is 8.78 Å². The van der Waals surface area contributed by atoms with Crippen molar-refractivity contribution < 1.29 is 13.5 Å². The molecule has 3 aliphatic rings. The number of halogens is 3. The second-order valence-corrected chi connectivity index (χ2v) is 8.86. The van der Waals surface area contributed by atoms with Crippen LogP contribution in [0.25, 0.3) is 0 Å². The summed E-state index contributed by atoms with van der Waals surface area (Å²) >= 11 is 11.5. The van der Waals surface area contributed by atoms with Gasteiger partial charge in [0.1, 0.15) is 11.6 Å². The van der Waals surface area contributed by atoms with E-state index < -0.39 is 17.0 Å². The molecule has 28 heavy (non-hydrogen) atoms. The van der Waals surface area contributed by atoms with E-state index in [0.717, 1.165) is 63.5 Å². The molecule has 1 aromatic heterocycles. The maximum Gasteiger partial charge on any atom is 0.177 e. The van der Waals surface area contributed by atoms with Crippen LogP contribution in [0.1, 0.15) is 35.7 Å². The highest BCUT2D eigenvalue weighted by Crippen LogP contribution is 2.67. The Labute approximate surface area is 172 Å². The predicted molar refractivity (Wildman–Crippen MR) is 106 cm³/mol. The number of hydrogen-bond acceptors (Lipinski definition) is 3. The van der Waals surface area contributed by atoms with Crippen LogP contribution in [-0.2, 0) is 23.1 Å². The Hall–Kier alpha value is -1.28. The van der Waals surface area contributed by atoms with Gasteiger partial charge in [0, 0.05) is 47.9 Å². The first-order valence-electron chi connectivity index (χ1n) is 9.77. The maximum absolute atomic E-state index is 14.7. The zero-order valence-electron chi connectivity index (χ0n) is 15.4. The highest BCUT2D eigenvalue weighted by atomic mass is 35.5. The average molecular weight is 426 g/mol. The van der Waals surface area contributed by atoms with Gasteiger partial charge in [0.05, 0.1) is 18.2 Å². The van der Waals surface area contributed by atoms with Crippen LogP contribution in [0, 0.1) is 16.4 Å². The standard InChI is InChI=1S/C20H22ClF2N3OS/c21-13-3-4-14(22)16(17(13)23)20-10-12(20)18-15(24-19(28)26(18)11-20)2-1-5-25-6-8-27-9-7-25/h3-4,12H,1-2,5-11H2,(H,24,28)/t12?,20-/m0/s1. The van der Waals surface area contributed by atoms with E-state index in [-0.39, 0.29) is 16.5 Å². The van der Waals surface area contributed by atoms with E-state index in [0.29, 0.717) is 11.3 Å². The van der Waals surface area contributed by atoms with E-state index in [2.05, 4.69) is 9.88 Å². The van der Waals surface area contributed by atoms with Crippen LogP contribution >= 0.6 is 23.8 Å². The van der Waals surface area contributed by atoms with Crippen molar-refractivity contribution in [2.45, 2.75) is 37.1 Å². The van der Waals surface area contributed by atoms with Crippen molar-refractivity contribution in [2.24, 2.45) is 0 Å². The van der Waals surface area contributed by atoms with Gasteiger partial charge >= 0.3 is 0 Å². The molecule has 0 amide bonds. The van der Waals surface area contributed by atoms with Gasteiger partial charge < -0.3 is 14.3 Å². The molecule has 2 atom stereocenters. The Balaban J connectivity index is 1.37. The predicted octanol–water partition coefficient (Wildman–Crippen LogP) is 4.18. The van der Waals surface area contributed by atoms with Crippen LogP contribution < -0.4 is 0 Å². The van der Waals surface area contributed by atoms with Gasteiger partial charge in [-0.2, -0.15) is 0 Å². The number of morpholine rings is 1. The fraction of sp³-hybridized carbons (Fsp3) is 0.550. The maximum atomic E-state index is 14.7. The minimum atomic E-state index is -0.626. The van der Waals surface area contributed by atoms with Gasteiger partial charge in [-0.15, -0.1) is 0 Å². The van der Waals surface area contributed by atoms with Gasteiger partial charge in [-0.05, 0) is 50.2 Å². The number of aromatic nitrogens is 2. The summed E-state index contributed by atoms with van der Waals surface area (Å²) < 4.78 is 37.3. The first-order chi connectivity index (χ1) is 13.5. The number of aromatic amines is 1. The van der Waals surface area contributed by atoms with Crippen LogP contribution in [0.3, 0.4) is 0 Å². The van der Waals surface area contributed by atoms with Crippen molar-refractivity contribution in [1.82, 2.24) is 14.5 Å². The van der Waals surface area contributed by atoms with Crippen molar-refractivity contribution in [2.75, 3.05) is 32.8 Å². The lowest BCUT2D eigenvalue weighted by Crippen LogP contribution is -2.37. The number of rotatable bonds is 5. The lowest BCUT2D eigenvalue weighted by Gasteiger charge is -2.26. The third kappa shape index (κ3) is 2.86. The Morgan fingerprint density at radius 1 is 1.29 bits per heavy atom. The first-order valence-corrected chi connectivity index (χ1v) is 10.6. The van der Waals surface area contributed by atoms with Crippen molar-refractivity contribution in [3.63, 3.8) is 0 Å². The van der Waals surface area contributed by atoms with E-state index in [1.807, 2.05) is 4.57 Å². The molecule has 2 aliphatic heterocycles. The highest BCUT2D eigenvalue weighted by molar-refractivity contribution is 7.71. The smallest absolute Gasteiger partial charge is 0.177 e. The van der Waals surface area contributed by atoms with Gasteiger partial charge in [0.15, 0.2) is 4.77 Å². The Kier molecular flexibility index (Phi) is 4.62. The van der Waals surface area contributed by atoms with Crippen LogP contribution in [-0.4, -0.2) is 47.3 Å². The van der Waals surface area contributed by atoms with Gasteiger partial charge in [0.25, 0.3) is 0 Å². The largest absolute Gasteiger partial charge is 0.379 e. The summed E-state index contributed by atoms with van der Waals surface area (Å²) in [6.45, 7) is 5.07. The summed E-state index contributed by atoms with van der Waals surface area (Å²) in [4.78, 5) is 5.75. The number of imidazole rings is 1. The zero-order valence-corrected chi connectivity index (χ0v) is 17.0. The lowest BCUT2D eigenvalue weighted by atomic mass is 9.92. The summed E-state index contributed by atoms with van der Waals surface area (Å²) in [5.41, 5.74) is 1.83. The second-order valence-electron chi connectivity index (χ2n) is 8.07. The number of hydrogen-bond donors (Lipinski definition) is 1. The molecule has 1 aliphatic carbocycles. The normalized spacial score (nSPS) is 26.3. The highest BCUT2D eigenvalue weighted by Gasteiger charge is 2.64. The molecule has 150 valence electrons. The van der Waals surface area contributed by atoms with Crippen molar-refractivity contribution >= 4 is 23.8 Å². The second kappa shape index (κ2) is 6.90. The molecule has 8 heteroatoms. The zero-order chi connectivity index (χ0) is 19.5. The van der Waals surface area contributed by atoms with Crippen LogP contribution in [0.4, 0.5) is 8.78 Å². The number of ether oxygens (including phenoxy) is 1. The molecule has 1 aromatic carbocycles. The monoisotopic (exact) mass is 425 g/mol. The fourth-order valence-corrected chi connectivity index (χ4v) is 5.49. The number of fused-ring (bicyclic) bond motifs is 3. The molecular weight excluding hydrogens is 404 g/mol. The molecule has 0 radical (unpaired) electrons. The number of nitrogens with one attached hydrogen (secondary N) is 1. The van der Waals surface area contributed by atoms with Crippen LogP contribution in [0.2, 0.25) is 5.02 Å². The van der Waals surface area contributed by atoms with E-state index in [1.165, 1.54) is 12.1 Å². The van der Waals surface area contributed by atoms with Crippen molar-refractivity contribution in [3.8, 4) is 0 Å². The molecule has 1 N–H and O–H groups in total. The summed E-state index contributed by atoms with van der Waals surface area (Å²) in [6.07, 6.45) is 2.64. The topological polar surface area (TPSA) is 33.2 Å². The molecule has 1 saturated heterocycles. The minimum Gasteiger partial charge on any atom is -0.379 e. The molecule has 0 spiro atoms. The van der Waals surface area contributed by atoms with Crippen molar-refractivity contribution in [1.29, 1.82) is 0 Å². The molecular formula is C20H22ClF2N3OS. The summed E-state index contributed by atoms with van der Waals surface area (Å²) in [7, 11) is 0. The molecule has 5 rings (SSSR count).